The fraction of sp³-hybridized carbons (Fsp3) is 0.600. The number of carbonyl (C=O) groups excluding carboxylic acids is 1. The molecular formula is C10H14N2O4S2. The second kappa shape index (κ2) is 5.33. The average Bonchev–Trinajstić information content (AvgIpc) is 2.75. The van der Waals surface area contributed by atoms with Crippen molar-refractivity contribution in [2.75, 3.05) is 13.7 Å². The maximum atomic E-state index is 12.0. The summed E-state index contributed by atoms with van der Waals surface area (Å²) < 4.78 is 31.0. The number of carbonyl (C=O) groups is 1. The van der Waals surface area contributed by atoms with Gasteiger partial charge in [-0.15, -0.1) is 11.3 Å². The highest BCUT2D eigenvalue weighted by Gasteiger charge is 2.28. The van der Waals surface area contributed by atoms with Crippen molar-refractivity contribution in [2.45, 2.75) is 23.5 Å². The minimum absolute atomic E-state index is 0.0753. The first kappa shape index (κ1) is 13.4. The lowest BCUT2D eigenvalue weighted by molar-refractivity contribution is 0.0590. The molecule has 6 nitrogen and oxygen atoms in total. The second-order valence-electron chi connectivity index (χ2n) is 4.13. The summed E-state index contributed by atoms with van der Waals surface area (Å²) in [6.45, 7) is 0.418. The van der Waals surface area contributed by atoms with Gasteiger partial charge in [-0.25, -0.2) is 22.9 Å². The van der Waals surface area contributed by atoms with Gasteiger partial charge in [-0.1, -0.05) is 6.42 Å². The van der Waals surface area contributed by atoms with Crippen LogP contribution in [0.3, 0.4) is 0 Å². The minimum atomic E-state index is -3.67. The van der Waals surface area contributed by atoms with Crippen molar-refractivity contribution in [3.8, 4) is 0 Å². The van der Waals surface area contributed by atoms with Crippen molar-refractivity contribution in [1.82, 2.24) is 9.71 Å². The molecule has 1 fully saturated rings. The lowest BCUT2D eigenvalue weighted by Crippen LogP contribution is -2.32. The molecule has 8 heteroatoms. The van der Waals surface area contributed by atoms with E-state index in [9.17, 15) is 13.2 Å². The molecule has 0 radical (unpaired) electrons. The van der Waals surface area contributed by atoms with E-state index in [4.69, 9.17) is 0 Å². The van der Waals surface area contributed by atoms with Gasteiger partial charge in [0.25, 0.3) is 10.0 Å². The summed E-state index contributed by atoms with van der Waals surface area (Å²) in [4.78, 5) is 15.1. The molecule has 0 spiro atoms. The summed E-state index contributed by atoms with van der Waals surface area (Å²) in [5, 5.41) is 0. The molecule has 1 saturated carbocycles. The number of thiazole rings is 1. The monoisotopic (exact) mass is 290 g/mol. The van der Waals surface area contributed by atoms with E-state index in [2.05, 4.69) is 14.4 Å². The lowest BCUT2D eigenvalue weighted by atomic mass is 9.86. The molecule has 1 aliphatic rings. The molecule has 0 saturated heterocycles. The van der Waals surface area contributed by atoms with Crippen LogP contribution >= 0.6 is 11.3 Å². The molecule has 0 unspecified atom stereocenters. The number of nitrogens with one attached hydrogen (secondary N) is 1. The number of nitrogens with zero attached hydrogens (tertiary/aromatic N) is 1. The van der Waals surface area contributed by atoms with Gasteiger partial charge in [0, 0.05) is 6.54 Å². The van der Waals surface area contributed by atoms with Crippen molar-refractivity contribution in [3.05, 3.63) is 11.2 Å². The summed E-state index contributed by atoms with van der Waals surface area (Å²) in [5.74, 6) is -0.324. The van der Waals surface area contributed by atoms with E-state index < -0.39 is 16.0 Å². The fourth-order valence-electron chi connectivity index (χ4n) is 1.65. The van der Waals surface area contributed by atoms with Crippen molar-refractivity contribution in [2.24, 2.45) is 5.92 Å². The van der Waals surface area contributed by atoms with Gasteiger partial charge < -0.3 is 4.74 Å². The standard InChI is InChI=1S/C10H14N2O4S2/c1-16-9(13)8-10(17-6-11-8)18(14,15)12-5-7-3-2-4-7/h6-7,12H,2-5H2,1H3. The zero-order chi connectivity index (χ0) is 13.2. The van der Waals surface area contributed by atoms with Crippen molar-refractivity contribution >= 4 is 27.3 Å². The molecule has 1 aromatic heterocycles. The molecule has 0 amide bonds. The maximum absolute atomic E-state index is 12.0. The third-order valence-electron chi connectivity index (χ3n) is 2.94. The van der Waals surface area contributed by atoms with Crippen LogP contribution in [0, 0.1) is 5.92 Å². The van der Waals surface area contributed by atoms with Crippen LogP contribution < -0.4 is 4.72 Å². The molecule has 1 aliphatic carbocycles. The minimum Gasteiger partial charge on any atom is -0.464 e. The summed E-state index contributed by atoms with van der Waals surface area (Å²) in [7, 11) is -2.47. The van der Waals surface area contributed by atoms with E-state index in [1.54, 1.807) is 0 Å². The molecule has 1 N–H and O–H groups in total. The SMILES string of the molecule is COC(=O)c1ncsc1S(=O)(=O)NCC1CCC1. The second-order valence-corrected chi connectivity index (χ2v) is 6.95. The number of sulfonamides is 1. The highest BCUT2D eigenvalue weighted by molar-refractivity contribution is 7.91. The quantitative estimate of drug-likeness (QED) is 0.818. The molecule has 1 heterocycles. The molecule has 0 aromatic carbocycles. The Morgan fingerprint density at radius 2 is 2.33 bits per heavy atom. The molecular weight excluding hydrogens is 276 g/mol. The largest absolute Gasteiger partial charge is 0.464 e. The Morgan fingerprint density at radius 3 is 2.89 bits per heavy atom. The van der Waals surface area contributed by atoms with Gasteiger partial charge in [-0.2, -0.15) is 0 Å². The fourth-order valence-corrected chi connectivity index (χ4v) is 3.94. The van der Waals surface area contributed by atoms with Crippen LogP contribution in [0.5, 0.6) is 0 Å². The third kappa shape index (κ3) is 2.70. The van der Waals surface area contributed by atoms with Gasteiger partial charge >= 0.3 is 5.97 Å². The van der Waals surface area contributed by atoms with Gasteiger partial charge in [-0.05, 0) is 18.8 Å². The van der Waals surface area contributed by atoms with Crippen molar-refractivity contribution in [3.63, 3.8) is 0 Å². The maximum Gasteiger partial charge on any atom is 0.358 e. The first-order valence-electron chi connectivity index (χ1n) is 5.56. The Hall–Kier alpha value is -0.990. The van der Waals surface area contributed by atoms with E-state index in [0.717, 1.165) is 30.6 Å². The summed E-state index contributed by atoms with van der Waals surface area (Å²) in [6.07, 6.45) is 3.25. The molecule has 1 aromatic rings. The molecule has 18 heavy (non-hydrogen) atoms. The van der Waals surface area contributed by atoms with Crippen LogP contribution in [0.15, 0.2) is 9.72 Å². The third-order valence-corrected chi connectivity index (χ3v) is 5.74. The van der Waals surface area contributed by atoms with Crippen LogP contribution in [0.2, 0.25) is 0 Å². The van der Waals surface area contributed by atoms with E-state index in [1.807, 2.05) is 0 Å². The first-order valence-corrected chi connectivity index (χ1v) is 7.92. The number of methoxy groups -OCH3 is 1. The summed E-state index contributed by atoms with van der Waals surface area (Å²) in [5.41, 5.74) is 1.17. The Bertz CT molecular complexity index is 534. The van der Waals surface area contributed by atoms with Crippen molar-refractivity contribution < 1.29 is 17.9 Å². The van der Waals surface area contributed by atoms with Gasteiger partial charge in [0.05, 0.1) is 12.6 Å². The molecule has 0 aliphatic heterocycles. The normalized spacial score (nSPS) is 16.3. The highest BCUT2D eigenvalue weighted by atomic mass is 32.2. The van der Waals surface area contributed by atoms with Crippen LogP contribution in [-0.4, -0.2) is 33.0 Å². The first-order chi connectivity index (χ1) is 8.54. The Labute approximate surface area is 109 Å². The lowest BCUT2D eigenvalue weighted by Gasteiger charge is -2.25. The number of aromatic nitrogens is 1. The molecule has 0 bridgehead atoms. The topological polar surface area (TPSA) is 85.4 Å². The van der Waals surface area contributed by atoms with Crippen LogP contribution in [0.1, 0.15) is 29.8 Å². The van der Waals surface area contributed by atoms with Gasteiger partial charge in [0.15, 0.2) is 9.90 Å². The molecule has 100 valence electrons. The number of hydrogen-bond donors (Lipinski definition) is 1. The zero-order valence-electron chi connectivity index (χ0n) is 9.88. The Balaban J connectivity index is 2.13. The summed E-state index contributed by atoms with van der Waals surface area (Å²) in [6, 6.07) is 0. The number of hydrogen-bond acceptors (Lipinski definition) is 6. The molecule has 2 rings (SSSR count). The van der Waals surface area contributed by atoms with Gasteiger partial charge in [-0.3, -0.25) is 0 Å². The average molecular weight is 290 g/mol. The number of rotatable bonds is 5. The van der Waals surface area contributed by atoms with E-state index in [0.29, 0.717) is 12.5 Å². The Kier molecular flexibility index (Phi) is 3.98. The van der Waals surface area contributed by atoms with Crippen LogP contribution in [0.25, 0.3) is 0 Å². The number of ether oxygens (including phenoxy) is 1. The van der Waals surface area contributed by atoms with Crippen LogP contribution in [0.4, 0.5) is 0 Å². The smallest absolute Gasteiger partial charge is 0.358 e. The van der Waals surface area contributed by atoms with E-state index in [-0.39, 0.29) is 9.90 Å². The Morgan fingerprint density at radius 1 is 1.61 bits per heavy atom. The number of esters is 1. The van der Waals surface area contributed by atoms with E-state index in [1.165, 1.54) is 12.6 Å². The summed E-state index contributed by atoms with van der Waals surface area (Å²) >= 11 is 0.915. The van der Waals surface area contributed by atoms with Crippen LogP contribution in [-0.2, 0) is 14.8 Å². The predicted molar refractivity (Wildman–Crippen MR) is 66.0 cm³/mol. The predicted octanol–water partition coefficient (Wildman–Crippen LogP) is 1.01. The molecule has 0 atom stereocenters. The van der Waals surface area contributed by atoms with E-state index >= 15 is 0 Å². The van der Waals surface area contributed by atoms with Gasteiger partial charge in [0.2, 0.25) is 0 Å². The highest BCUT2D eigenvalue weighted by Crippen LogP contribution is 2.26. The van der Waals surface area contributed by atoms with Crippen molar-refractivity contribution in [1.29, 1.82) is 0 Å². The van der Waals surface area contributed by atoms with Gasteiger partial charge in [0.1, 0.15) is 0 Å². The zero-order valence-corrected chi connectivity index (χ0v) is 11.5.